The van der Waals surface area contributed by atoms with Crippen LogP contribution >= 0.6 is 0 Å². The smallest absolute Gasteiger partial charge is 0.0786 e. The van der Waals surface area contributed by atoms with E-state index in [-0.39, 0.29) is 0 Å². The van der Waals surface area contributed by atoms with Crippen LogP contribution in [0, 0.1) is 6.92 Å². The van der Waals surface area contributed by atoms with Gasteiger partial charge in [0, 0.05) is 34.0 Å². The van der Waals surface area contributed by atoms with Gasteiger partial charge in [-0.1, -0.05) is 140 Å². The van der Waals surface area contributed by atoms with Gasteiger partial charge in [0.2, 0.25) is 0 Å². The van der Waals surface area contributed by atoms with Gasteiger partial charge in [-0.15, -0.1) is 0 Å². The lowest BCUT2D eigenvalue weighted by molar-refractivity contribution is 1.25. The van der Waals surface area contributed by atoms with Crippen molar-refractivity contribution in [2.24, 2.45) is 0 Å². The second-order valence-electron chi connectivity index (χ2n) is 12.8. The molecule has 0 aliphatic carbocycles. The van der Waals surface area contributed by atoms with E-state index in [2.05, 4.69) is 188 Å². The average Bonchev–Trinajstić information content (AvgIpc) is 3.19. The Morgan fingerprint density at radius 1 is 0.420 bits per heavy atom. The molecule has 0 aliphatic rings. The molecule has 9 rings (SSSR count). The van der Waals surface area contributed by atoms with Crippen LogP contribution in [-0.2, 0) is 0 Å². The number of fused-ring (bicyclic) bond motifs is 4. The van der Waals surface area contributed by atoms with E-state index in [0.717, 1.165) is 22.3 Å². The Bertz CT molecular complexity index is 2630. The second kappa shape index (κ2) is 12.5. The minimum Gasteiger partial charge on any atom is -0.310 e. The van der Waals surface area contributed by atoms with Gasteiger partial charge in [-0.3, -0.25) is 4.98 Å². The number of aromatic nitrogens is 1. The number of hydrogen-bond acceptors (Lipinski definition) is 2. The van der Waals surface area contributed by atoms with E-state index in [9.17, 15) is 0 Å². The summed E-state index contributed by atoms with van der Waals surface area (Å²) in [5, 5.41) is 5.98. The van der Waals surface area contributed by atoms with Crippen molar-refractivity contribution in [1.82, 2.24) is 4.98 Å². The minimum atomic E-state index is 1.03. The van der Waals surface area contributed by atoms with Crippen LogP contribution < -0.4 is 4.90 Å². The fourth-order valence-electron chi connectivity index (χ4n) is 7.48. The van der Waals surface area contributed by atoms with Gasteiger partial charge >= 0.3 is 0 Å². The predicted molar refractivity (Wildman–Crippen MR) is 212 cm³/mol. The van der Waals surface area contributed by atoms with Crippen LogP contribution in [0.5, 0.6) is 0 Å². The molecule has 0 fully saturated rings. The number of pyridine rings is 1. The molecule has 0 spiro atoms. The van der Waals surface area contributed by atoms with E-state index >= 15 is 0 Å². The SMILES string of the molecule is Cc1ccccc1N(c1ccccc1)c1ccc(-c2ccc3c(-c4ccccc4)c4c(ccc5cccnc54)c(-c4ccccc4)c3c2)cc1. The maximum absolute atomic E-state index is 4.97. The quantitative estimate of drug-likeness (QED) is 0.133. The Labute approximate surface area is 292 Å². The molecule has 0 saturated carbocycles. The van der Waals surface area contributed by atoms with Crippen molar-refractivity contribution in [3.8, 4) is 33.4 Å². The number of aryl methyl sites for hydroxylation is 1. The molecule has 2 heteroatoms. The van der Waals surface area contributed by atoms with Crippen LogP contribution in [0.3, 0.4) is 0 Å². The Kier molecular flexibility index (Phi) is 7.40. The van der Waals surface area contributed by atoms with E-state index in [4.69, 9.17) is 4.98 Å². The molecular formula is C48H34N2. The van der Waals surface area contributed by atoms with Crippen molar-refractivity contribution in [3.05, 3.63) is 194 Å². The molecule has 1 heterocycles. The average molecular weight is 639 g/mol. The van der Waals surface area contributed by atoms with Crippen LogP contribution in [0.2, 0.25) is 0 Å². The summed E-state index contributed by atoms with van der Waals surface area (Å²) in [7, 11) is 0. The molecule has 0 amide bonds. The van der Waals surface area contributed by atoms with Crippen molar-refractivity contribution in [2.45, 2.75) is 6.92 Å². The summed E-state index contributed by atoms with van der Waals surface area (Å²) >= 11 is 0. The molecule has 8 aromatic carbocycles. The summed E-state index contributed by atoms with van der Waals surface area (Å²) in [6, 6.07) is 65.4. The third-order valence-electron chi connectivity index (χ3n) is 9.81. The lowest BCUT2D eigenvalue weighted by atomic mass is 9.84. The van der Waals surface area contributed by atoms with Crippen molar-refractivity contribution >= 4 is 49.5 Å². The van der Waals surface area contributed by atoms with E-state index in [1.807, 2.05) is 12.3 Å². The van der Waals surface area contributed by atoms with E-state index < -0.39 is 0 Å². The van der Waals surface area contributed by atoms with Crippen molar-refractivity contribution in [3.63, 3.8) is 0 Å². The molecule has 0 atom stereocenters. The van der Waals surface area contributed by atoms with Crippen molar-refractivity contribution in [1.29, 1.82) is 0 Å². The zero-order chi connectivity index (χ0) is 33.4. The second-order valence-corrected chi connectivity index (χ2v) is 12.8. The third kappa shape index (κ3) is 5.10. The standard InChI is InChI=1S/C48H34N2/c1-33-14-11-12-22-44(33)50(39-20-9-4-10-21-39)40-27-23-34(24-28-40)38-26-29-41-43(32-38)45(35-15-5-2-6-16-35)42-30-25-37-19-13-31-49-48(37)47(42)46(41)36-17-7-3-8-18-36/h2-32H,1H3. The predicted octanol–water partition coefficient (Wildman–Crippen LogP) is 13.3. The molecule has 0 radical (unpaired) electrons. The number of hydrogen-bond donors (Lipinski definition) is 0. The topological polar surface area (TPSA) is 16.1 Å². The first kappa shape index (κ1) is 29.6. The van der Waals surface area contributed by atoms with Crippen LogP contribution in [-0.4, -0.2) is 4.98 Å². The summed E-state index contributed by atoms with van der Waals surface area (Å²) in [4.78, 5) is 7.31. The molecule has 0 saturated heterocycles. The molecule has 0 unspecified atom stereocenters. The molecule has 1 aromatic heterocycles. The van der Waals surface area contributed by atoms with Crippen LogP contribution in [0.25, 0.3) is 65.8 Å². The Morgan fingerprint density at radius 3 is 1.74 bits per heavy atom. The van der Waals surface area contributed by atoms with Gasteiger partial charge in [-0.2, -0.15) is 0 Å². The van der Waals surface area contributed by atoms with Gasteiger partial charge in [-0.25, -0.2) is 0 Å². The summed E-state index contributed by atoms with van der Waals surface area (Å²) in [6.45, 7) is 2.17. The van der Waals surface area contributed by atoms with Crippen molar-refractivity contribution < 1.29 is 0 Å². The first-order chi connectivity index (χ1) is 24.7. The summed E-state index contributed by atoms with van der Waals surface area (Å²) in [6.07, 6.45) is 1.91. The maximum Gasteiger partial charge on any atom is 0.0786 e. The maximum atomic E-state index is 4.97. The Balaban J connectivity index is 1.28. The van der Waals surface area contributed by atoms with Gasteiger partial charge in [0.05, 0.1) is 5.52 Å². The lowest BCUT2D eigenvalue weighted by Crippen LogP contribution is -2.11. The molecular weight excluding hydrogens is 605 g/mol. The largest absolute Gasteiger partial charge is 0.310 e. The normalized spacial score (nSPS) is 11.3. The first-order valence-corrected chi connectivity index (χ1v) is 17.1. The highest BCUT2D eigenvalue weighted by molar-refractivity contribution is 6.27. The number of nitrogens with zero attached hydrogens (tertiary/aromatic N) is 2. The van der Waals surface area contributed by atoms with Crippen LogP contribution in [0.1, 0.15) is 5.56 Å². The van der Waals surface area contributed by atoms with Gasteiger partial charge in [0.1, 0.15) is 0 Å². The fourth-order valence-corrected chi connectivity index (χ4v) is 7.48. The highest BCUT2D eigenvalue weighted by Gasteiger charge is 2.20. The number of anilines is 3. The number of para-hydroxylation sites is 2. The molecule has 0 bridgehead atoms. The molecule has 9 aromatic rings. The highest BCUT2D eigenvalue weighted by Crippen LogP contribution is 2.47. The zero-order valence-electron chi connectivity index (χ0n) is 27.8. The van der Waals surface area contributed by atoms with Crippen LogP contribution in [0.4, 0.5) is 17.1 Å². The van der Waals surface area contributed by atoms with E-state index in [0.29, 0.717) is 0 Å². The molecule has 0 N–H and O–H groups in total. The van der Waals surface area contributed by atoms with Gasteiger partial charge in [-0.05, 0) is 104 Å². The van der Waals surface area contributed by atoms with Gasteiger partial charge in [0.15, 0.2) is 0 Å². The number of benzene rings is 8. The Hall–Kier alpha value is -6.51. The van der Waals surface area contributed by atoms with E-state index in [1.165, 1.54) is 66.2 Å². The van der Waals surface area contributed by atoms with Crippen LogP contribution in [0.15, 0.2) is 188 Å². The highest BCUT2D eigenvalue weighted by atomic mass is 15.1. The lowest BCUT2D eigenvalue weighted by Gasteiger charge is -2.27. The summed E-state index contributed by atoms with van der Waals surface area (Å²) < 4.78 is 0. The van der Waals surface area contributed by atoms with Gasteiger partial charge in [0.25, 0.3) is 0 Å². The van der Waals surface area contributed by atoms with Gasteiger partial charge < -0.3 is 4.90 Å². The first-order valence-electron chi connectivity index (χ1n) is 17.1. The zero-order valence-corrected chi connectivity index (χ0v) is 27.8. The molecule has 0 aliphatic heterocycles. The minimum absolute atomic E-state index is 1.03. The molecule has 2 nitrogen and oxygen atoms in total. The fraction of sp³-hybridized carbons (Fsp3) is 0.0208. The Morgan fingerprint density at radius 2 is 1.02 bits per heavy atom. The summed E-state index contributed by atoms with van der Waals surface area (Å²) in [5.41, 5.74) is 12.9. The molecule has 236 valence electrons. The summed E-state index contributed by atoms with van der Waals surface area (Å²) in [5.74, 6) is 0. The molecule has 50 heavy (non-hydrogen) atoms. The third-order valence-corrected chi connectivity index (χ3v) is 9.81. The van der Waals surface area contributed by atoms with Crippen molar-refractivity contribution in [2.75, 3.05) is 4.90 Å². The van der Waals surface area contributed by atoms with E-state index in [1.54, 1.807) is 0 Å². The number of rotatable bonds is 6. The monoisotopic (exact) mass is 638 g/mol.